The van der Waals surface area contributed by atoms with Crippen LogP contribution in [0.5, 0.6) is 0 Å². The third-order valence-electron chi connectivity index (χ3n) is 2.97. The molecular weight excluding hydrogens is 251 g/mol. The normalized spacial score (nSPS) is 19.6. The van der Waals surface area contributed by atoms with Crippen molar-refractivity contribution in [1.82, 2.24) is 5.32 Å². The van der Waals surface area contributed by atoms with Crippen molar-refractivity contribution in [3.63, 3.8) is 0 Å². The summed E-state index contributed by atoms with van der Waals surface area (Å²) in [6.07, 6.45) is 0.433. The van der Waals surface area contributed by atoms with E-state index in [0.717, 1.165) is 18.1 Å². The SMILES string of the molecule is Cc1c(F)cccc1NC(=O)CC1CSCCN1. The Balaban J connectivity index is 1.92. The van der Waals surface area contributed by atoms with Crippen molar-refractivity contribution in [2.75, 3.05) is 23.4 Å². The van der Waals surface area contributed by atoms with Crippen LogP contribution in [0.15, 0.2) is 18.2 Å². The zero-order chi connectivity index (χ0) is 13.0. The summed E-state index contributed by atoms with van der Waals surface area (Å²) >= 11 is 1.85. The van der Waals surface area contributed by atoms with Gasteiger partial charge in [0.05, 0.1) is 0 Å². The van der Waals surface area contributed by atoms with Gasteiger partial charge in [0.25, 0.3) is 0 Å². The minimum absolute atomic E-state index is 0.0660. The molecule has 98 valence electrons. The number of thioether (sulfide) groups is 1. The first-order valence-electron chi connectivity index (χ1n) is 6.03. The second-order valence-electron chi connectivity index (χ2n) is 4.39. The second-order valence-corrected chi connectivity index (χ2v) is 5.54. The molecule has 5 heteroatoms. The first-order valence-corrected chi connectivity index (χ1v) is 7.18. The van der Waals surface area contributed by atoms with Crippen molar-refractivity contribution in [3.05, 3.63) is 29.6 Å². The topological polar surface area (TPSA) is 41.1 Å². The molecule has 1 heterocycles. The summed E-state index contributed by atoms with van der Waals surface area (Å²) in [5.41, 5.74) is 1.04. The Hall–Kier alpha value is -1.07. The molecule has 1 aromatic carbocycles. The van der Waals surface area contributed by atoms with Gasteiger partial charge in [-0.05, 0) is 19.1 Å². The van der Waals surface area contributed by atoms with Gasteiger partial charge in [-0.1, -0.05) is 6.07 Å². The Kier molecular flexibility index (Phi) is 4.60. The summed E-state index contributed by atoms with van der Waals surface area (Å²) in [7, 11) is 0. The van der Waals surface area contributed by atoms with Gasteiger partial charge >= 0.3 is 0 Å². The highest BCUT2D eigenvalue weighted by Crippen LogP contribution is 2.18. The molecule has 0 spiro atoms. The summed E-state index contributed by atoms with van der Waals surface area (Å²) in [6, 6.07) is 4.94. The van der Waals surface area contributed by atoms with E-state index in [1.807, 2.05) is 11.8 Å². The van der Waals surface area contributed by atoms with E-state index in [1.165, 1.54) is 6.07 Å². The quantitative estimate of drug-likeness (QED) is 0.882. The van der Waals surface area contributed by atoms with Crippen LogP contribution in [0.1, 0.15) is 12.0 Å². The fourth-order valence-corrected chi connectivity index (χ4v) is 2.87. The van der Waals surface area contributed by atoms with Crippen LogP contribution in [0.3, 0.4) is 0 Å². The van der Waals surface area contributed by atoms with E-state index in [-0.39, 0.29) is 17.8 Å². The average molecular weight is 268 g/mol. The minimum atomic E-state index is -0.292. The van der Waals surface area contributed by atoms with Crippen LogP contribution in [0.4, 0.5) is 10.1 Å². The Morgan fingerprint density at radius 2 is 2.44 bits per heavy atom. The van der Waals surface area contributed by atoms with Crippen LogP contribution in [0.2, 0.25) is 0 Å². The van der Waals surface area contributed by atoms with Gasteiger partial charge in [0.15, 0.2) is 0 Å². The van der Waals surface area contributed by atoms with Crippen LogP contribution in [-0.4, -0.2) is 30.0 Å². The first-order chi connectivity index (χ1) is 8.66. The summed E-state index contributed by atoms with van der Waals surface area (Å²) in [5, 5.41) is 6.08. The fraction of sp³-hybridized carbons (Fsp3) is 0.462. The number of halogens is 1. The molecule has 1 aliphatic rings. The van der Waals surface area contributed by atoms with E-state index in [2.05, 4.69) is 10.6 Å². The molecule has 2 N–H and O–H groups in total. The van der Waals surface area contributed by atoms with Gasteiger partial charge in [0, 0.05) is 41.8 Å². The number of rotatable bonds is 3. The molecule has 1 aliphatic heterocycles. The molecule has 1 amide bonds. The van der Waals surface area contributed by atoms with Gasteiger partial charge in [0.1, 0.15) is 5.82 Å². The summed E-state index contributed by atoms with van der Waals surface area (Å²) in [4.78, 5) is 11.9. The summed E-state index contributed by atoms with van der Waals surface area (Å²) in [5.74, 6) is 1.69. The molecule has 1 saturated heterocycles. The number of anilines is 1. The molecule has 1 fully saturated rings. The van der Waals surface area contributed by atoms with Gasteiger partial charge < -0.3 is 10.6 Å². The maximum absolute atomic E-state index is 13.3. The zero-order valence-electron chi connectivity index (χ0n) is 10.3. The predicted molar refractivity (Wildman–Crippen MR) is 73.5 cm³/mol. The van der Waals surface area contributed by atoms with Crippen LogP contribution in [-0.2, 0) is 4.79 Å². The molecule has 0 bridgehead atoms. The molecule has 1 atom stereocenters. The van der Waals surface area contributed by atoms with Gasteiger partial charge in [-0.25, -0.2) is 4.39 Å². The molecule has 3 nitrogen and oxygen atoms in total. The van der Waals surface area contributed by atoms with Crippen LogP contribution in [0, 0.1) is 12.7 Å². The van der Waals surface area contributed by atoms with E-state index in [0.29, 0.717) is 17.7 Å². The largest absolute Gasteiger partial charge is 0.326 e. The number of benzene rings is 1. The van der Waals surface area contributed by atoms with Crippen molar-refractivity contribution in [2.24, 2.45) is 0 Å². The molecule has 0 radical (unpaired) electrons. The molecule has 0 saturated carbocycles. The molecule has 1 aromatic rings. The van der Waals surface area contributed by atoms with E-state index in [9.17, 15) is 9.18 Å². The van der Waals surface area contributed by atoms with Crippen molar-refractivity contribution < 1.29 is 9.18 Å². The van der Waals surface area contributed by atoms with E-state index in [1.54, 1.807) is 19.1 Å². The number of hydrogen-bond acceptors (Lipinski definition) is 3. The summed E-state index contributed by atoms with van der Waals surface area (Å²) in [6.45, 7) is 2.61. The monoisotopic (exact) mass is 268 g/mol. The van der Waals surface area contributed by atoms with Crippen LogP contribution in [0.25, 0.3) is 0 Å². The lowest BCUT2D eigenvalue weighted by Gasteiger charge is -2.22. The predicted octanol–water partition coefficient (Wildman–Crippen LogP) is 2.17. The molecule has 0 aliphatic carbocycles. The number of carbonyl (C=O) groups is 1. The zero-order valence-corrected chi connectivity index (χ0v) is 11.1. The molecule has 2 rings (SSSR count). The average Bonchev–Trinajstić information content (AvgIpc) is 2.36. The maximum Gasteiger partial charge on any atom is 0.225 e. The Bertz CT molecular complexity index is 433. The summed E-state index contributed by atoms with van der Waals surface area (Å²) < 4.78 is 13.3. The van der Waals surface area contributed by atoms with Gasteiger partial charge in [-0.2, -0.15) is 11.8 Å². The van der Waals surface area contributed by atoms with Crippen molar-refractivity contribution >= 4 is 23.4 Å². The number of nitrogens with one attached hydrogen (secondary N) is 2. The minimum Gasteiger partial charge on any atom is -0.326 e. The lowest BCUT2D eigenvalue weighted by Crippen LogP contribution is -2.39. The maximum atomic E-state index is 13.3. The van der Waals surface area contributed by atoms with E-state index < -0.39 is 0 Å². The van der Waals surface area contributed by atoms with Gasteiger partial charge in [-0.3, -0.25) is 4.79 Å². The molecule has 0 aromatic heterocycles. The highest BCUT2D eigenvalue weighted by atomic mass is 32.2. The number of carbonyl (C=O) groups excluding carboxylic acids is 1. The first kappa shape index (κ1) is 13.4. The lowest BCUT2D eigenvalue weighted by atomic mass is 10.1. The molecule has 18 heavy (non-hydrogen) atoms. The lowest BCUT2D eigenvalue weighted by molar-refractivity contribution is -0.116. The molecule has 1 unspecified atom stereocenters. The van der Waals surface area contributed by atoms with Crippen LogP contribution >= 0.6 is 11.8 Å². The third kappa shape index (κ3) is 3.46. The Morgan fingerprint density at radius 1 is 1.61 bits per heavy atom. The van der Waals surface area contributed by atoms with Crippen molar-refractivity contribution in [2.45, 2.75) is 19.4 Å². The number of hydrogen-bond donors (Lipinski definition) is 2. The Morgan fingerprint density at radius 3 is 3.17 bits per heavy atom. The standard InChI is InChI=1S/C13H17FN2OS/c1-9-11(14)3-2-4-12(9)16-13(17)7-10-8-18-6-5-15-10/h2-4,10,15H,5-8H2,1H3,(H,16,17). The highest BCUT2D eigenvalue weighted by Gasteiger charge is 2.17. The van der Waals surface area contributed by atoms with E-state index >= 15 is 0 Å². The fourth-order valence-electron chi connectivity index (χ4n) is 1.92. The van der Waals surface area contributed by atoms with Crippen molar-refractivity contribution in [3.8, 4) is 0 Å². The van der Waals surface area contributed by atoms with E-state index in [4.69, 9.17) is 0 Å². The van der Waals surface area contributed by atoms with Crippen molar-refractivity contribution in [1.29, 1.82) is 0 Å². The second kappa shape index (κ2) is 6.20. The van der Waals surface area contributed by atoms with Gasteiger partial charge in [0.2, 0.25) is 5.91 Å². The third-order valence-corrected chi connectivity index (χ3v) is 4.10. The molecular formula is C13H17FN2OS. The highest BCUT2D eigenvalue weighted by molar-refractivity contribution is 7.99. The Labute approximate surface area is 111 Å². The smallest absolute Gasteiger partial charge is 0.225 e. The van der Waals surface area contributed by atoms with Gasteiger partial charge in [-0.15, -0.1) is 0 Å². The van der Waals surface area contributed by atoms with Crippen LogP contribution < -0.4 is 10.6 Å². The number of amides is 1.